The summed E-state index contributed by atoms with van der Waals surface area (Å²) in [6.07, 6.45) is 9.96. The van der Waals surface area contributed by atoms with Crippen molar-refractivity contribution in [2.24, 2.45) is 5.73 Å². The van der Waals surface area contributed by atoms with E-state index in [4.69, 9.17) is 10.7 Å². The predicted octanol–water partition coefficient (Wildman–Crippen LogP) is 2.45. The molecule has 1 heterocycles. The summed E-state index contributed by atoms with van der Waals surface area (Å²) in [6.45, 7) is 0. The third-order valence-corrected chi connectivity index (χ3v) is 4.35. The van der Waals surface area contributed by atoms with Crippen molar-refractivity contribution in [3.05, 3.63) is 11.6 Å². The molecule has 94 valence electrons. The molecule has 3 N–H and O–H groups in total. The molecule has 2 fully saturated rings. The van der Waals surface area contributed by atoms with Gasteiger partial charge in [0.05, 0.1) is 0 Å². The molecule has 0 amide bonds. The van der Waals surface area contributed by atoms with Crippen LogP contribution in [0, 0.1) is 0 Å². The summed E-state index contributed by atoms with van der Waals surface area (Å²) in [4.78, 5) is 4.73. The third kappa shape index (κ3) is 2.37. The summed E-state index contributed by atoms with van der Waals surface area (Å²) in [5, 5.41) is 7.58. The van der Waals surface area contributed by atoms with E-state index in [1.807, 2.05) is 0 Å². The summed E-state index contributed by atoms with van der Waals surface area (Å²) in [5.74, 6) is 3.26. The van der Waals surface area contributed by atoms with E-state index in [9.17, 15) is 0 Å². The molecule has 0 spiro atoms. The largest absolute Gasteiger partial charge is 0.328 e. The first-order valence-corrected chi connectivity index (χ1v) is 7.00. The molecule has 1 aromatic heterocycles. The lowest BCUT2D eigenvalue weighted by molar-refractivity contribution is 0.429. The second-order valence-electron chi connectivity index (χ2n) is 5.68. The molecule has 2 aliphatic carbocycles. The lowest BCUT2D eigenvalue weighted by atomic mass is 9.89. The van der Waals surface area contributed by atoms with Gasteiger partial charge >= 0.3 is 0 Å². The summed E-state index contributed by atoms with van der Waals surface area (Å²) >= 11 is 0. The average molecular weight is 234 g/mol. The van der Waals surface area contributed by atoms with Crippen LogP contribution in [-0.2, 0) is 0 Å². The van der Waals surface area contributed by atoms with Crippen molar-refractivity contribution < 1.29 is 0 Å². The number of hydrogen-bond acceptors (Lipinski definition) is 3. The van der Waals surface area contributed by atoms with E-state index < -0.39 is 0 Å². The maximum absolute atomic E-state index is 5.95. The van der Waals surface area contributed by atoms with Crippen molar-refractivity contribution in [2.45, 2.75) is 69.2 Å². The lowest BCUT2D eigenvalue weighted by Crippen LogP contribution is -2.14. The maximum Gasteiger partial charge on any atom is 0.153 e. The molecular weight excluding hydrogens is 212 g/mol. The van der Waals surface area contributed by atoms with Crippen molar-refractivity contribution in [2.75, 3.05) is 0 Å². The van der Waals surface area contributed by atoms with Gasteiger partial charge in [-0.2, -0.15) is 5.10 Å². The second kappa shape index (κ2) is 4.77. The number of rotatable bonds is 2. The van der Waals surface area contributed by atoms with Gasteiger partial charge in [-0.3, -0.25) is 5.10 Å². The molecule has 0 bridgehead atoms. The van der Waals surface area contributed by atoms with Crippen LogP contribution in [0.25, 0.3) is 0 Å². The first kappa shape index (κ1) is 11.2. The maximum atomic E-state index is 5.95. The van der Waals surface area contributed by atoms with Crippen molar-refractivity contribution in [3.63, 3.8) is 0 Å². The summed E-state index contributed by atoms with van der Waals surface area (Å²) in [6, 6.07) is 0.358. The number of nitrogens with two attached hydrogens (primary N) is 1. The van der Waals surface area contributed by atoms with Gasteiger partial charge < -0.3 is 5.73 Å². The fourth-order valence-corrected chi connectivity index (χ4v) is 3.28. The average Bonchev–Trinajstić information content (AvgIpc) is 2.98. The molecule has 4 nitrogen and oxygen atoms in total. The number of aromatic amines is 1. The van der Waals surface area contributed by atoms with Gasteiger partial charge in [-0.25, -0.2) is 4.98 Å². The molecule has 2 unspecified atom stereocenters. The van der Waals surface area contributed by atoms with Gasteiger partial charge in [0, 0.05) is 17.9 Å². The quantitative estimate of drug-likeness (QED) is 0.826. The number of hydrogen-bond donors (Lipinski definition) is 2. The number of nitrogens with zero attached hydrogens (tertiary/aromatic N) is 2. The van der Waals surface area contributed by atoms with Crippen molar-refractivity contribution in [1.29, 1.82) is 0 Å². The molecule has 0 radical (unpaired) electrons. The highest BCUT2D eigenvalue weighted by atomic mass is 15.2. The first-order valence-electron chi connectivity index (χ1n) is 7.00. The summed E-state index contributed by atoms with van der Waals surface area (Å²) in [5.41, 5.74) is 5.95. The number of aromatic nitrogens is 3. The van der Waals surface area contributed by atoms with Crippen molar-refractivity contribution in [3.8, 4) is 0 Å². The van der Waals surface area contributed by atoms with Crippen LogP contribution in [0.5, 0.6) is 0 Å². The smallest absolute Gasteiger partial charge is 0.153 e. The lowest BCUT2D eigenvalue weighted by Gasteiger charge is -2.18. The molecule has 17 heavy (non-hydrogen) atoms. The molecule has 1 aromatic rings. The van der Waals surface area contributed by atoms with Gasteiger partial charge in [-0.15, -0.1) is 0 Å². The molecule has 0 saturated heterocycles. The van der Waals surface area contributed by atoms with Crippen LogP contribution < -0.4 is 5.73 Å². The van der Waals surface area contributed by atoms with Crippen LogP contribution in [-0.4, -0.2) is 21.2 Å². The van der Waals surface area contributed by atoms with Gasteiger partial charge in [0.1, 0.15) is 5.82 Å². The van der Waals surface area contributed by atoms with Crippen LogP contribution in [0.15, 0.2) is 0 Å². The molecular formula is C13H22N4. The van der Waals surface area contributed by atoms with Gasteiger partial charge in [0.2, 0.25) is 0 Å². The fourth-order valence-electron chi connectivity index (χ4n) is 3.28. The Labute approximate surface area is 102 Å². The van der Waals surface area contributed by atoms with Crippen LogP contribution in [0.1, 0.15) is 74.9 Å². The molecule has 0 aliphatic heterocycles. The zero-order valence-corrected chi connectivity index (χ0v) is 10.4. The van der Waals surface area contributed by atoms with Crippen LogP contribution in [0.4, 0.5) is 0 Å². The van der Waals surface area contributed by atoms with E-state index in [0.717, 1.165) is 30.9 Å². The zero-order chi connectivity index (χ0) is 11.7. The Balaban J connectivity index is 1.69. The normalized spacial score (nSPS) is 30.9. The Morgan fingerprint density at radius 1 is 1.00 bits per heavy atom. The van der Waals surface area contributed by atoms with Gasteiger partial charge in [0.15, 0.2) is 5.82 Å². The summed E-state index contributed by atoms with van der Waals surface area (Å²) in [7, 11) is 0. The van der Waals surface area contributed by atoms with E-state index in [-0.39, 0.29) is 0 Å². The van der Waals surface area contributed by atoms with E-state index in [0.29, 0.717) is 17.9 Å². The van der Waals surface area contributed by atoms with Gasteiger partial charge in [0.25, 0.3) is 0 Å². The SMILES string of the molecule is NC1CCC(c2n[nH]c(C3CCCCC3)n2)C1. The minimum Gasteiger partial charge on any atom is -0.328 e. The van der Waals surface area contributed by atoms with Gasteiger partial charge in [-0.1, -0.05) is 19.3 Å². The fraction of sp³-hybridized carbons (Fsp3) is 0.846. The van der Waals surface area contributed by atoms with Crippen molar-refractivity contribution >= 4 is 0 Å². The topological polar surface area (TPSA) is 67.6 Å². The molecule has 4 heteroatoms. The van der Waals surface area contributed by atoms with E-state index in [2.05, 4.69) is 10.2 Å². The second-order valence-corrected chi connectivity index (χ2v) is 5.68. The predicted molar refractivity (Wildman–Crippen MR) is 66.8 cm³/mol. The highest BCUT2D eigenvalue weighted by Gasteiger charge is 2.27. The van der Waals surface area contributed by atoms with Crippen molar-refractivity contribution in [1.82, 2.24) is 15.2 Å². The Bertz CT molecular complexity index is 348. The third-order valence-electron chi connectivity index (χ3n) is 4.35. The number of H-pyrrole nitrogens is 1. The first-order chi connectivity index (χ1) is 8.33. The van der Waals surface area contributed by atoms with Crippen LogP contribution in [0.2, 0.25) is 0 Å². The van der Waals surface area contributed by atoms with E-state index in [1.54, 1.807) is 0 Å². The van der Waals surface area contributed by atoms with E-state index >= 15 is 0 Å². The Hall–Kier alpha value is -0.900. The molecule has 2 atom stereocenters. The van der Waals surface area contributed by atoms with Crippen LogP contribution in [0.3, 0.4) is 0 Å². The van der Waals surface area contributed by atoms with Crippen LogP contribution >= 0.6 is 0 Å². The summed E-state index contributed by atoms with van der Waals surface area (Å²) < 4.78 is 0. The minimum absolute atomic E-state index is 0.358. The Kier molecular flexibility index (Phi) is 3.14. The molecule has 3 rings (SSSR count). The van der Waals surface area contributed by atoms with Gasteiger partial charge in [-0.05, 0) is 32.1 Å². The molecule has 2 saturated carbocycles. The molecule has 0 aromatic carbocycles. The van der Waals surface area contributed by atoms with E-state index in [1.165, 1.54) is 32.1 Å². The molecule has 2 aliphatic rings. The minimum atomic E-state index is 0.358. The number of nitrogens with one attached hydrogen (secondary N) is 1. The Morgan fingerprint density at radius 2 is 1.82 bits per heavy atom. The Morgan fingerprint density at radius 3 is 2.53 bits per heavy atom. The monoisotopic (exact) mass is 234 g/mol. The standard InChI is InChI=1S/C13H22N4/c14-11-7-6-10(8-11)13-15-12(16-17-13)9-4-2-1-3-5-9/h9-11H,1-8,14H2,(H,15,16,17). The highest BCUT2D eigenvalue weighted by Crippen LogP contribution is 2.34. The highest BCUT2D eigenvalue weighted by molar-refractivity contribution is 5.05. The zero-order valence-electron chi connectivity index (χ0n) is 10.4.